The Kier molecular flexibility index (Phi) is 30.8. The first-order valence-electron chi connectivity index (χ1n) is 31.8. The first-order chi connectivity index (χ1) is 43.9. The second-order valence-corrected chi connectivity index (χ2v) is 28.6. The number of amides is 6. The second-order valence-electron chi connectivity index (χ2n) is 28.6. The van der Waals surface area contributed by atoms with Gasteiger partial charge in [-0.25, -0.2) is 24.0 Å². The summed E-state index contributed by atoms with van der Waals surface area (Å²) in [7, 11) is 1.28. The second kappa shape index (κ2) is 35.7. The highest BCUT2D eigenvalue weighted by Crippen LogP contribution is 2.32. The molecule has 5 aliphatic rings. The summed E-state index contributed by atoms with van der Waals surface area (Å²) in [5, 5.41) is 23.3. The number of hydrogen-bond acceptors (Lipinski definition) is 22. The molecule has 2 aromatic rings. The van der Waals surface area contributed by atoms with Crippen LogP contribution in [0.4, 0.5) is 19.2 Å². The van der Waals surface area contributed by atoms with Crippen molar-refractivity contribution < 1.29 is 96.0 Å². The molecule has 7 rings (SSSR count). The molecule has 5 fully saturated rings. The summed E-state index contributed by atoms with van der Waals surface area (Å²) in [5.74, 6) is -1.09. The monoisotopic (exact) mass is 1340 g/mol. The van der Waals surface area contributed by atoms with Gasteiger partial charge in [-0.15, -0.1) is 0 Å². The molecule has 5 aliphatic heterocycles. The minimum absolute atomic E-state index is 0.00295. The number of benzene rings is 2. The molecule has 6 amide bonds. The number of nitrogens with zero attached hydrogens (tertiary/aromatic N) is 6. The Hall–Kier alpha value is -7.21. The number of aliphatic hydroxyl groups is 2. The molecule has 95 heavy (non-hydrogen) atoms. The van der Waals surface area contributed by atoms with E-state index in [2.05, 4.69) is 20.3 Å². The van der Waals surface area contributed by atoms with Crippen LogP contribution in [0.5, 0.6) is 0 Å². The van der Waals surface area contributed by atoms with Crippen LogP contribution in [-0.4, -0.2) is 250 Å². The van der Waals surface area contributed by atoms with E-state index >= 15 is 0 Å². The van der Waals surface area contributed by atoms with Crippen molar-refractivity contribution in [1.29, 1.82) is 0 Å². The van der Waals surface area contributed by atoms with Gasteiger partial charge in [0.1, 0.15) is 58.5 Å². The zero-order valence-electron chi connectivity index (χ0n) is 59.6. The summed E-state index contributed by atoms with van der Waals surface area (Å²) in [6.45, 7) is 38.0. The van der Waals surface area contributed by atoms with Crippen LogP contribution >= 0.6 is 0 Å². The lowest BCUT2D eigenvalue weighted by atomic mass is 10.1. The Labute approximate surface area is 560 Å². The Morgan fingerprint density at radius 3 is 1.52 bits per heavy atom. The van der Waals surface area contributed by atoms with Gasteiger partial charge in [0.2, 0.25) is 11.8 Å². The molecule has 0 aliphatic carbocycles. The van der Waals surface area contributed by atoms with E-state index in [0.717, 1.165) is 12.1 Å². The van der Waals surface area contributed by atoms with E-state index < -0.39 is 88.0 Å². The van der Waals surface area contributed by atoms with Crippen molar-refractivity contribution in [3.05, 3.63) is 71.8 Å². The maximum atomic E-state index is 12.9. The average molecular weight is 1350 g/mol. The fourth-order valence-electron chi connectivity index (χ4n) is 10.1. The SMILES string of the molecule is CC(C)(C)OC(=O)N1CC(=O)N[C@@H](CO)C1.CC(C)(C)OC(=O)N1[C@H](C=O)COC1(C)C.CCOC(=O)CN(Cc1ccccc1)C[C@@H]1COC(C)(C)N1C(=O)OC(C)(C)C.COC(=O)[C@@H]1COC(C)(C)N1C(=O)OC(C)(C)C.O=C1CN(Cc2ccccc2)C[C@H](CO)N1. The Morgan fingerprint density at radius 1 is 0.600 bits per heavy atom. The van der Waals surface area contributed by atoms with Crippen molar-refractivity contribution >= 4 is 54.4 Å². The summed E-state index contributed by atoms with van der Waals surface area (Å²) in [6, 6.07) is 17.8. The van der Waals surface area contributed by atoms with Crippen LogP contribution in [0.3, 0.4) is 0 Å². The summed E-state index contributed by atoms with van der Waals surface area (Å²) >= 11 is 0. The number of aliphatic hydroxyl groups excluding tert-OH is 2. The smallest absolute Gasteiger partial charge is 0.413 e. The van der Waals surface area contributed by atoms with Crippen LogP contribution in [-0.2, 0) is 79.7 Å². The number of aldehydes is 1. The van der Waals surface area contributed by atoms with Gasteiger partial charge in [0.15, 0.2) is 6.04 Å². The van der Waals surface area contributed by atoms with Crippen molar-refractivity contribution in [1.82, 2.24) is 40.0 Å². The van der Waals surface area contributed by atoms with Crippen LogP contribution in [0.1, 0.15) is 143 Å². The fraction of sp³-hybridized carbons (Fsp3) is 0.687. The third-order valence-electron chi connectivity index (χ3n) is 14.0. The predicted molar refractivity (Wildman–Crippen MR) is 350 cm³/mol. The molecule has 5 saturated heterocycles. The lowest BCUT2D eigenvalue weighted by Crippen LogP contribution is -2.57. The molecular weight excluding hydrogens is 1240 g/mol. The summed E-state index contributed by atoms with van der Waals surface area (Å²) in [4.78, 5) is 115. The normalized spacial score (nSPS) is 21.4. The van der Waals surface area contributed by atoms with Gasteiger partial charge >= 0.3 is 36.3 Å². The standard InChI is InChI=1S/C22H34N2O5.C12H16N2O2.C12H21NO5.C11H19NO4.C10H18N2O4/c1-7-27-19(25)15-23(13-17-11-9-8-10-12-17)14-18-16-28-22(5,6)24(18)20(26)29-21(2,3)4;15-9-11-7-14(8-12(16)13-11)6-10-4-2-1-3-5-10;1-11(2,3)18-10(15)13-8(9(14)16-6)7-17-12(13,4)5;1-10(2,3)16-9(14)12-8(6-13)7-15-11(12,4)5;1-10(2,3)16-9(15)12-4-7(6-13)11-8(14)5-12/h8-12,18H,7,13-16H2,1-6H3;1-5,11,15H,6-9H2,(H,13,16);8H,7H2,1-6H3;6,8H,7H2,1-5H3;7,13H,4-6H2,1-3H3,(H,11,14)/t18-;11-;2*8-;7-/m11011/s1. The minimum atomic E-state index is -0.888. The van der Waals surface area contributed by atoms with Crippen molar-refractivity contribution in [2.45, 2.75) is 214 Å². The third-order valence-corrected chi connectivity index (χ3v) is 14.0. The van der Waals surface area contributed by atoms with Crippen LogP contribution in [0.2, 0.25) is 0 Å². The first kappa shape index (κ1) is 82.0. The molecule has 2 aromatic carbocycles. The van der Waals surface area contributed by atoms with E-state index in [4.69, 9.17) is 48.1 Å². The first-order valence-corrected chi connectivity index (χ1v) is 31.8. The van der Waals surface area contributed by atoms with Gasteiger partial charge in [-0.2, -0.15) is 0 Å². The molecule has 5 heterocycles. The minimum Gasteiger partial charge on any atom is -0.467 e. The number of hydrogen-bond donors (Lipinski definition) is 4. The molecule has 5 atom stereocenters. The molecule has 28 heteroatoms. The molecular formula is C67H108N8O20. The summed E-state index contributed by atoms with van der Waals surface area (Å²) < 4.78 is 47.8. The molecule has 0 bridgehead atoms. The van der Waals surface area contributed by atoms with Crippen LogP contribution in [0, 0.1) is 0 Å². The van der Waals surface area contributed by atoms with Gasteiger partial charge in [0.05, 0.1) is 78.0 Å². The third kappa shape index (κ3) is 28.6. The molecule has 0 radical (unpaired) electrons. The number of methoxy groups -OCH3 is 1. The van der Waals surface area contributed by atoms with E-state index in [1.165, 1.54) is 27.4 Å². The van der Waals surface area contributed by atoms with Crippen molar-refractivity contribution in [2.24, 2.45) is 0 Å². The number of ether oxygens (including phenoxy) is 9. The number of piperazine rings is 2. The number of carbonyl (C=O) groups excluding carboxylic acids is 9. The van der Waals surface area contributed by atoms with Crippen molar-refractivity contribution in [3.8, 4) is 0 Å². The summed E-state index contributed by atoms with van der Waals surface area (Å²) in [6.07, 6.45) is -1.34. The predicted octanol–water partition coefficient (Wildman–Crippen LogP) is 6.21. The quantitative estimate of drug-likeness (QED) is 0.0984. The van der Waals surface area contributed by atoms with Crippen LogP contribution in [0.25, 0.3) is 0 Å². The Bertz CT molecular complexity index is 2820. The van der Waals surface area contributed by atoms with E-state index in [9.17, 15) is 43.2 Å². The fourth-order valence-corrected chi connectivity index (χ4v) is 10.1. The van der Waals surface area contributed by atoms with Gasteiger partial charge in [0, 0.05) is 32.7 Å². The van der Waals surface area contributed by atoms with Gasteiger partial charge in [-0.05, 0) is 143 Å². The topological polar surface area (TPSA) is 321 Å². The molecule has 536 valence electrons. The summed E-state index contributed by atoms with van der Waals surface area (Å²) in [5.41, 5.74) is -2.59. The largest absolute Gasteiger partial charge is 0.467 e. The van der Waals surface area contributed by atoms with E-state index in [0.29, 0.717) is 45.7 Å². The number of esters is 2. The molecule has 0 aromatic heterocycles. The van der Waals surface area contributed by atoms with Gasteiger partial charge in [-0.3, -0.25) is 43.8 Å². The molecule has 0 saturated carbocycles. The number of rotatable bonds is 13. The number of carbonyl (C=O) groups is 9. The van der Waals surface area contributed by atoms with E-state index in [-0.39, 0.29) is 75.9 Å². The van der Waals surface area contributed by atoms with E-state index in [1.807, 2.05) is 100 Å². The molecule has 28 nitrogen and oxygen atoms in total. The zero-order chi connectivity index (χ0) is 72.1. The maximum Gasteiger partial charge on any atom is 0.413 e. The molecule has 0 spiro atoms. The number of nitrogens with one attached hydrogen (secondary N) is 2. The van der Waals surface area contributed by atoms with Gasteiger partial charge < -0.3 is 68.3 Å². The lowest BCUT2D eigenvalue weighted by molar-refractivity contribution is -0.147. The van der Waals surface area contributed by atoms with Gasteiger partial charge in [-0.1, -0.05) is 60.7 Å². The average Bonchev–Trinajstić information content (AvgIpc) is 1.67. The Morgan fingerprint density at radius 2 is 1.03 bits per heavy atom. The highest BCUT2D eigenvalue weighted by molar-refractivity contribution is 5.84. The van der Waals surface area contributed by atoms with Crippen LogP contribution in [0.15, 0.2) is 60.7 Å². The highest BCUT2D eigenvalue weighted by Gasteiger charge is 2.50. The van der Waals surface area contributed by atoms with E-state index in [1.54, 1.807) is 102 Å². The Balaban J connectivity index is 0.000000317. The maximum absolute atomic E-state index is 12.9. The van der Waals surface area contributed by atoms with Crippen molar-refractivity contribution in [2.75, 3.05) is 86.0 Å². The van der Waals surface area contributed by atoms with Crippen molar-refractivity contribution in [3.63, 3.8) is 0 Å². The zero-order valence-corrected chi connectivity index (χ0v) is 59.6. The van der Waals surface area contributed by atoms with Gasteiger partial charge in [0.25, 0.3) is 0 Å². The lowest BCUT2D eigenvalue weighted by Gasteiger charge is -2.36. The van der Waals surface area contributed by atoms with Crippen LogP contribution < -0.4 is 10.6 Å². The molecule has 0 unspecified atom stereocenters. The highest BCUT2D eigenvalue weighted by atomic mass is 16.6. The molecule has 4 N–H and O–H groups in total.